The summed E-state index contributed by atoms with van der Waals surface area (Å²) < 4.78 is 0. The number of hydrogen-bond donors (Lipinski definition) is 1. The lowest BCUT2D eigenvalue weighted by molar-refractivity contribution is 1.06. The van der Waals surface area contributed by atoms with Crippen LogP contribution in [-0.2, 0) is 5.75 Å². The Kier molecular flexibility index (Phi) is 4.01. The van der Waals surface area contributed by atoms with Crippen molar-refractivity contribution < 1.29 is 0 Å². The maximum Gasteiger partial charge on any atom is 0.142 e. The molecule has 0 bridgehead atoms. The van der Waals surface area contributed by atoms with E-state index >= 15 is 0 Å². The zero-order valence-corrected chi connectivity index (χ0v) is 11.1. The fraction of sp³-hybridized carbons (Fsp3) is 0.455. The number of hydrogen-bond acceptors (Lipinski definition) is 5. The van der Waals surface area contributed by atoms with Crippen LogP contribution in [-0.4, -0.2) is 22.8 Å². The molecule has 3 nitrogen and oxygen atoms in total. The van der Waals surface area contributed by atoms with Crippen molar-refractivity contribution in [1.29, 1.82) is 0 Å². The summed E-state index contributed by atoms with van der Waals surface area (Å²) in [5, 5.41) is 6.31. The molecule has 0 aromatic carbocycles. The first-order valence-electron chi connectivity index (χ1n) is 5.34. The Hall–Kier alpha value is -0.810. The summed E-state index contributed by atoms with van der Waals surface area (Å²) in [6.45, 7) is 2.19. The van der Waals surface area contributed by atoms with Gasteiger partial charge in [-0.1, -0.05) is 6.92 Å². The standard InChI is InChI=1S/C11H15N3S2/c1-3-5-15-7-9-13-10(12-2)8-4-6-16-11(8)14-9/h4,6H,3,5,7H2,1-2H3,(H,12,13,14). The van der Waals surface area contributed by atoms with E-state index in [4.69, 9.17) is 0 Å². The highest BCUT2D eigenvalue weighted by molar-refractivity contribution is 7.98. The molecule has 2 heterocycles. The molecule has 0 aliphatic rings. The summed E-state index contributed by atoms with van der Waals surface area (Å²) in [6.07, 6.45) is 1.20. The average molecular weight is 253 g/mol. The zero-order chi connectivity index (χ0) is 11.4. The fourth-order valence-electron chi connectivity index (χ4n) is 1.46. The van der Waals surface area contributed by atoms with Gasteiger partial charge in [-0.2, -0.15) is 11.8 Å². The molecule has 2 rings (SSSR count). The van der Waals surface area contributed by atoms with Gasteiger partial charge in [0.05, 0.1) is 11.1 Å². The van der Waals surface area contributed by atoms with Crippen molar-refractivity contribution in [2.75, 3.05) is 18.1 Å². The van der Waals surface area contributed by atoms with E-state index in [-0.39, 0.29) is 0 Å². The molecule has 0 radical (unpaired) electrons. The first kappa shape index (κ1) is 11.7. The van der Waals surface area contributed by atoms with Crippen LogP contribution in [0.3, 0.4) is 0 Å². The van der Waals surface area contributed by atoms with Crippen LogP contribution in [0.25, 0.3) is 10.2 Å². The van der Waals surface area contributed by atoms with Crippen LogP contribution in [0.4, 0.5) is 5.82 Å². The number of thiophene rings is 1. The lowest BCUT2D eigenvalue weighted by Crippen LogP contribution is -1.99. The van der Waals surface area contributed by atoms with Gasteiger partial charge in [-0.3, -0.25) is 0 Å². The van der Waals surface area contributed by atoms with Crippen molar-refractivity contribution in [1.82, 2.24) is 9.97 Å². The maximum absolute atomic E-state index is 4.56. The topological polar surface area (TPSA) is 37.8 Å². The largest absolute Gasteiger partial charge is 0.372 e. The predicted molar refractivity (Wildman–Crippen MR) is 73.4 cm³/mol. The molecule has 0 spiro atoms. The summed E-state index contributed by atoms with van der Waals surface area (Å²) in [5.41, 5.74) is 0. The molecule has 16 heavy (non-hydrogen) atoms. The molecule has 0 saturated heterocycles. The van der Waals surface area contributed by atoms with Crippen LogP contribution in [0.15, 0.2) is 11.4 Å². The Labute approximate surface area is 104 Å². The van der Waals surface area contributed by atoms with Crippen molar-refractivity contribution in [3.63, 3.8) is 0 Å². The second kappa shape index (κ2) is 5.50. The van der Waals surface area contributed by atoms with Gasteiger partial charge in [0.15, 0.2) is 0 Å². The molecule has 86 valence electrons. The van der Waals surface area contributed by atoms with Crippen LogP contribution in [0.1, 0.15) is 19.2 Å². The Morgan fingerprint density at radius 2 is 2.31 bits per heavy atom. The molecule has 0 aliphatic heterocycles. The fourth-order valence-corrected chi connectivity index (χ4v) is 2.99. The SMILES string of the molecule is CCCSCc1nc(NC)c2ccsc2n1. The zero-order valence-electron chi connectivity index (χ0n) is 9.49. The third-order valence-corrected chi connectivity index (χ3v) is 4.15. The minimum absolute atomic E-state index is 0.899. The van der Waals surface area contributed by atoms with E-state index in [0.29, 0.717) is 0 Å². The Balaban J connectivity index is 2.25. The quantitative estimate of drug-likeness (QED) is 0.829. The van der Waals surface area contributed by atoms with E-state index in [9.17, 15) is 0 Å². The van der Waals surface area contributed by atoms with Gasteiger partial charge in [0.1, 0.15) is 16.5 Å². The van der Waals surface area contributed by atoms with E-state index in [1.165, 1.54) is 12.2 Å². The average Bonchev–Trinajstić information content (AvgIpc) is 2.76. The summed E-state index contributed by atoms with van der Waals surface area (Å²) in [5.74, 6) is 3.94. The highest BCUT2D eigenvalue weighted by Crippen LogP contribution is 2.25. The van der Waals surface area contributed by atoms with Gasteiger partial charge in [0.25, 0.3) is 0 Å². The lowest BCUT2D eigenvalue weighted by Gasteiger charge is -2.04. The van der Waals surface area contributed by atoms with E-state index in [0.717, 1.165) is 27.6 Å². The van der Waals surface area contributed by atoms with E-state index in [1.807, 2.05) is 18.8 Å². The smallest absolute Gasteiger partial charge is 0.142 e. The first-order valence-corrected chi connectivity index (χ1v) is 7.38. The summed E-state index contributed by atoms with van der Waals surface area (Å²) >= 11 is 3.56. The monoisotopic (exact) mass is 253 g/mol. The number of rotatable bonds is 5. The van der Waals surface area contributed by atoms with Gasteiger partial charge in [-0.05, 0) is 23.6 Å². The molecule has 0 amide bonds. The third-order valence-electron chi connectivity index (χ3n) is 2.19. The second-order valence-corrected chi connectivity index (χ2v) is 5.43. The molecule has 0 aliphatic carbocycles. The van der Waals surface area contributed by atoms with Crippen LogP contribution < -0.4 is 5.32 Å². The molecule has 2 aromatic rings. The normalized spacial score (nSPS) is 10.9. The Morgan fingerprint density at radius 1 is 1.44 bits per heavy atom. The molecule has 2 aromatic heterocycles. The van der Waals surface area contributed by atoms with Gasteiger partial charge < -0.3 is 5.32 Å². The lowest BCUT2D eigenvalue weighted by atomic mass is 10.4. The van der Waals surface area contributed by atoms with Crippen LogP contribution in [0, 0.1) is 0 Å². The maximum atomic E-state index is 4.56. The van der Waals surface area contributed by atoms with Gasteiger partial charge in [0.2, 0.25) is 0 Å². The first-order chi connectivity index (χ1) is 7.85. The second-order valence-electron chi connectivity index (χ2n) is 3.43. The molecular formula is C11H15N3S2. The molecule has 0 atom stereocenters. The van der Waals surface area contributed by atoms with Crippen molar-refractivity contribution in [3.8, 4) is 0 Å². The number of nitrogens with zero attached hydrogens (tertiary/aromatic N) is 2. The number of anilines is 1. The summed E-state index contributed by atoms with van der Waals surface area (Å²) in [7, 11) is 1.91. The molecular weight excluding hydrogens is 238 g/mol. The molecule has 0 unspecified atom stereocenters. The van der Waals surface area contributed by atoms with Crippen molar-refractivity contribution in [2.45, 2.75) is 19.1 Å². The third kappa shape index (κ3) is 2.47. The van der Waals surface area contributed by atoms with E-state index in [1.54, 1.807) is 11.3 Å². The molecule has 0 saturated carbocycles. The van der Waals surface area contributed by atoms with Gasteiger partial charge in [0, 0.05) is 7.05 Å². The molecule has 0 fully saturated rings. The molecule has 1 N–H and O–H groups in total. The van der Waals surface area contributed by atoms with Gasteiger partial charge >= 0.3 is 0 Å². The molecule has 5 heteroatoms. The van der Waals surface area contributed by atoms with Crippen LogP contribution in [0.5, 0.6) is 0 Å². The Morgan fingerprint density at radius 3 is 3.06 bits per heavy atom. The number of nitrogens with one attached hydrogen (secondary N) is 1. The van der Waals surface area contributed by atoms with Gasteiger partial charge in [-0.25, -0.2) is 9.97 Å². The van der Waals surface area contributed by atoms with Crippen molar-refractivity contribution in [3.05, 3.63) is 17.3 Å². The van der Waals surface area contributed by atoms with Crippen molar-refractivity contribution in [2.24, 2.45) is 0 Å². The highest BCUT2D eigenvalue weighted by atomic mass is 32.2. The summed E-state index contributed by atoms with van der Waals surface area (Å²) in [6, 6.07) is 2.06. The van der Waals surface area contributed by atoms with Gasteiger partial charge in [-0.15, -0.1) is 11.3 Å². The highest BCUT2D eigenvalue weighted by Gasteiger charge is 2.07. The van der Waals surface area contributed by atoms with E-state index in [2.05, 4.69) is 33.7 Å². The van der Waals surface area contributed by atoms with Crippen LogP contribution >= 0.6 is 23.1 Å². The minimum Gasteiger partial charge on any atom is -0.372 e. The minimum atomic E-state index is 0.899. The van der Waals surface area contributed by atoms with Crippen molar-refractivity contribution >= 4 is 39.1 Å². The van der Waals surface area contributed by atoms with Crippen LogP contribution in [0.2, 0.25) is 0 Å². The Bertz CT molecular complexity index is 467. The van der Waals surface area contributed by atoms with E-state index < -0.39 is 0 Å². The predicted octanol–water partition coefficient (Wildman–Crippen LogP) is 3.38. The number of thioether (sulfide) groups is 1. The number of fused-ring (bicyclic) bond motifs is 1. The number of aromatic nitrogens is 2. The summed E-state index contributed by atoms with van der Waals surface area (Å²) in [4.78, 5) is 10.2.